The van der Waals surface area contributed by atoms with E-state index >= 15 is 0 Å². The first kappa shape index (κ1) is 17.2. The molecule has 2 N–H and O–H groups in total. The molecule has 0 bridgehead atoms. The zero-order valence-electron chi connectivity index (χ0n) is 13.0. The summed E-state index contributed by atoms with van der Waals surface area (Å²) in [4.78, 5) is 28.7. The molecular formula is C16H13Cl2N5O2. The minimum absolute atomic E-state index is 0.386. The van der Waals surface area contributed by atoms with Gasteiger partial charge in [0, 0.05) is 28.1 Å². The lowest BCUT2D eigenvalue weighted by Crippen LogP contribution is -2.31. The highest BCUT2D eigenvalue weighted by Gasteiger charge is 2.23. The third-order valence-corrected chi connectivity index (χ3v) is 3.89. The van der Waals surface area contributed by atoms with Gasteiger partial charge in [-0.1, -0.05) is 23.2 Å². The molecule has 3 rings (SSSR count). The summed E-state index contributed by atoms with van der Waals surface area (Å²) in [5.74, 6) is -1.91. The predicted octanol–water partition coefficient (Wildman–Crippen LogP) is 3.25. The largest absolute Gasteiger partial charge is 0.325 e. The van der Waals surface area contributed by atoms with Gasteiger partial charge in [0.2, 0.25) is 11.8 Å². The molecule has 0 saturated carbocycles. The van der Waals surface area contributed by atoms with E-state index in [0.29, 0.717) is 27.1 Å². The number of carbonyl (C=O) groups is 2. The van der Waals surface area contributed by atoms with Crippen molar-refractivity contribution in [1.82, 2.24) is 14.6 Å². The molecule has 0 aliphatic rings. The lowest BCUT2D eigenvalue weighted by Gasteiger charge is -2.12. The molecule has 0 radical (unpaired) electrons. The topological polar surface area (TPSA) is 88.4 Å². The van der Waals surface area contributed by atoms with Crippen molar-refractivity contribution in [1.29, 1.82) is 0 Å². The van der Waals surface area contributed by atoms with E-state index < -0.39 is 17.7 Å². The van der Waals surface area contributed by atoms with Crippen LogP contribution in [0.2, 0.25) is 10.0 Å². The Morgan fingerprint density at radius 1 is 1.12 bits per heavy atom. The SMILES string of the molecule is CC(C(=O)Nc1cc(Cl)cc(Cl)c1)C(=O)Nc1cnn2cccnc12. The first-order chi connectivity index (χ1) is 11.9. The average molecular weight is 378 g/mol. The number of aromatic nitrogens is 3. The summed E-state index contributed by atoms with van der Waals surface area (Å²) in [5, 5.41) is 10.1. The van der Waals surface area contributed by atoms with Gasteiger partial charge in [-0.2, -0.15) is 5.10 Å². The molecule has 1 unspecified atom stereocenters. The fourth-order valence-corrected chi connectivity index (χ4v) is 2.68. The van der Waals surface area contributed by atoms with Gasteiger partial charge in [0.15, 0.2) is 5.65 Å². The average Bonchev–Trinajstić information content (AvgIpc) is 2.96. The Morgan fingerprint density at radius 2 is 1.80 bits per heavy atom. The fourth-order valence-electron chi connectivity index (χ4n) is 2.15. The zero-order chi connectivity index (χ0) is 18.0. The lowest BCUT2D eigenvalue weighted by atomic mass is 10.1. The van der Waals surface area contributed by atoms with Crippen molar-refractivity contribution in [2.45, 2.75) is 6.92 Å². The van der Waals surface area contributed by atoms with Gasteiger partial charge in [-0.3, -0.25) is 9.59 Å². The van der Waals surface area contributed by atoms with E-state index in [4.69, 9.17) is 23.2 Å². The van der Waals surface area contributed by atoms with Crippen LogP contribution in [-0.2, 0) is 9.59 Å². The summed E-state index contributed by atoms with van der Waals surface area (Å²) in [5.41, 5.74) is 1.33. The van der Waals surface area contributed by atoms with Crippen LogP contribution in [0.15, 0.2) is 42.9 Å². The Balaban J connectivity index is 1.70. The van der Waals surface area contributed by atoms with E-state index in [0.717, 1.165) is 0 Å². The first-order valence-corrected chi connectivity index (χ1v) is 8.06. The lowest BCUT2D eigenvalue weighted by molar-refractivity contribution is -0.128. The Morgan fingerprint density at radius 3 is 2.52 bits per heavy atom. The van der Waals surface area contributed by atoms with Crippen molar-refractivity contribution in [3.63, 3.8) is 0 Å². The number of rotatable bonds is 4. The molecule has 2 heterocycles. The van der Waals surface area contributed by atoms with Gasteiger partial charge < -0.3 is 10.6 Å². The van der Waals surface area contributed by atoms with Crippen LogP contribution in [-0.4, -0.2) is 26.4 Å². The molecule has 2 amide bonds. The van der Waals surface area contributed by atoms with Crippen molar-refractivity contribution in [3.05, 3.63) is 52.9 Å². The number of nitrogens with one attached hydrogen (secondary N) is 2. The highest BCUT2D eigenvalue weighted by Crippen LogP contribution is 2.23. The highest BCUT2D eigenvalue weighted by atomic mass is 35.5. The molecule has 9 heteroatoms. The first-order valence-electron chi connectivity index (χ1n) is 7.30. The van der Waals surface area contributed by atoms with Gasteiger partial charge in [-0.25, -0.2) is 9.50 Å². The van der Waals surface area contributed by atoms with Crippen LogP contribution in [0.3, 0.4) is 0 Å². The zero-order valence-corrected chi connectivity index (χ0v) is 14.5. The standard InChI is InChI=1S/C16H13Cl2N5O2/c1-9(15(24)21-12-6-10(17)5-11(18)7-12)16(25)22-13-8-20-23-4-2-3-19-14(13)23/h2-9H,1H3,(H,21,24)(H,22,25). The van der Waals surface area contributed by atoms with Crippen LogP contribution in [0.1, 0.15) is 6.92 Å². The third-order valence-electron chi connectivity index (χ3n) is 3.45. The monoisotopic (exact) mass is 377 g/mol. The fraction of sp³-hybridized carbons (Fsp3) is 0.125. The second-order valence-electron chi connectivity index (χ2n) is 5.30. The molecule has 1 aromatic carbocycles. The molecule has 25 heavy (non-hydrogen) atoms. The van der Waals surface area contributed by atoms with E-state index in [1.165, 1.54) is 17.6 Å². The molecule has 2 aromatic heterocycles. The summed E-state index contributed by atoms with van der Waals surface area (Å²) in [6.07, 6.45) is 4.77. The summed E-state index contributed by atoms with van der Waals surface area (Å²) in [6.45, 7) is 1.50. The van der Waals surface area contributed by atoms with Crippen molar-refractivity contribution >= 4 is 52.0 Å². The summed E-state index contributed by atoms with van der Waals surface area (Å²) < 4.78 is 1.52. The van der Waals surface area contributed by atoms with E-state index in [9.17, 15) is 9.59 Å². The second-order valence-corrected chi connectivity index (χ2v) is 6.18. The van der Waals surface area contributed by atoms with Gasteiger partial charge in [-0.05, 0) is 31.2 Å². The molecule has 3 aromatic rings. The quantitative estimate of drug-likeness (QED) is 0.683. The predicted molar refractivity (Wildman–Crippen MR) is 95.9 cm³/mol. The van der Waals surface area contributed by atoms with Crippen LogP contribution in [0.25, 0.3) is 5.65 Å². The van der Waals surface area contributed by atoms with Crippen LogP contribution in [0, 0.1) is 5.92 Å². The van der Waals surface area contributed by atoms with Gasteiger partial charge in [0.05, 0.1) is 6.20 Å². The van der Waals surface area contributed by atoms with Crippen LogP contribution >= 0.6 is 23.2 Å². The molecule has 0 spiro atoms. The summed E-state index contributed by atoms with van der Waals surface area (Å²) in [7, 11) is 0. The van der Waals surface area contributed by atoms with Crippen LogP contribution in [0.5, 0.6) is 0 Å². The molecule has 1 atom stereocenters. The normalized spacial score (nSPS) is 12.0. The number of amides is 2. The van der Waals surface area contributed by atoms with Crippen LogP contribution in [0.4, 0.5) is 11.4 Å². The number of hydrogen-bond acceptors (Lipinski definition) is 4. The molecule has 0 aliphatic carbocycles. The maximum atomic E-state index is 12.3. The van der Waals surface area contributed by atoms with Gasteiger partial charge in [-0.15, -0.1) is 0 Å². The van der Waals surface area contributed by atoms with Gasteiger partial charge >= 0.3 is 0 Å². The number of halogens is 2. The molecule has 7 nitrogen and oxygen atoms in total. The Kier molecular flexibility index (Phi) is 4.87. The van der Waals surface area contributed by atoms with Crippen LogP contribution < -0.4 is 10.6 Å². The molecule has 0 aliphatic heterocycles. The van der Waals surface area contributed by atoms with E-state index in [1.54, 1.807) is 36.7 Å². The smallest absolute Gasteiger partial charge is 0.236 e. The van der Waals surface area contributed by atoms with Crippen molar-refractivity contribution in [2.24, 2.45) is 5.92 Å². The minimum atomic E-state index is -0.948. The third kappa shape index (κ3) is 3.89. The molecular weight excluding hydrogens is 365 g/mol. The number of hydrogen-bond donors (Lipinski definition) is 2. The Labute approximate surface area is 153 Å². The second kappa shape index (κ2) is 7.08. The minimum Gasteiger partial charge on any atom is -0.325 e. The maximum Gasteiger partial charge on any atom is 0.236 e. The van der Waals surface area contributed by atoms with Gasteiger partial charge in [0.1, 0.15) is 11.6 Å². The highest BCUT2D eigenvalue weighted by molar-refractivity contribution is 6.35. The van der Waals surface area contributed by atoms with Crippen molar-refractivity contribution < 1.29 is 9.59 Å². The molecule has 128 valence electrons. The number of anilines is 2. The maximum absolute atomic E-state index is 12.3. The number of carbonyl (C=O) groups excluding carboxylic acids is 2. The number of fused-ring (bicyclic) bond motifs is 1. The van der Waals surface area contributed by atoms with Crippen molar-refractivity contribution in [3.8, 4) is 0 Å². The summed E-state index contributed by atoms with van der Waals surface area (Å²) in [6, 6.07) is 6.36. The van der Waals surface area contributed by atoms with E-state index in [1.807, 2.05) is 0 Å². The Hall–Kier alpha value is -2.64. The Bertz CT molecular complexity index is 936. The van der Waals surface area contributed by atoms with E-state index in [-0.39, 0.29) is 0 Å². The van der Waals surface area contributed by atoms with Gasteiger partial charge in [0.25, 0.3) is 0 Å². The number of benzene rings is 1. The summed E-state index contributed by atoms with van der Waals surface area (Å²) >= 11 is 11.8. The molecule has 0 fully saturated rings. The van der Waals surface area contributed by atoms with E-state index in [2.05, 4.69) is 20.7 Å². The molecule has 0 saturated heterocycles. The number of nitrogens with zero attached hydrogens (tertiary/aromatic N) is 3. The van der Waals surface area contributed by atoms with Crippen molar-refractivity contribution in [2.75, 3.05) is 10.6 Å².